The minimum absolute atomic E-state index is 0.0266. The highest BCUT2D eigenvalue weighted by Crippen LogP contribution is 2.33. The first-order chi connectivity index (χ1) is 12.3. The molecule has 0 bridgehead atoms. The maximum absolute atomic E-state index is 14.4. The molecule has 0 aliphatic carbocycles. The Hall–Kier alpha value is -2.34. The van der Waals surface area contributed by atoms with Crippen molar-refractivity contribution in [3.05, 3.63) is 58.4 Å². The predicted molar refractivity (Wildman–Crippen MR) is 94.3 cm³/mol. The summed E-state index contributed by atoms with van der Waals surface area (Å²) >= 11 is 0. The van der Waals surface area contributed by atoms with Gasteiger partial charge in [-0.3, -0.25) is 4.79 Å². The molecule has 6 heteroatoms. The van der Waals surface area contributed by atoms with Gasteiger partial charge >= 0.3 is 5.97 Å². The van der Waals surface area contributed by atoms with Crippen LogP contribution in [0.4, 0.5) is 13.2 Å². The summed E-state index contributed by atoms with van der Waals surface area (Å²) < 4.78 is 47.1. The molecule has 2 rings (SSSR count). The quantitative estimate of drug-likeness (QED) is 0.761. The van der Waals surface area contributed by atoms with Crippen molar-refractivity contribution in [3.8, 4) is 11.1 Å². The van der Waals surface area contributed by atoms with E-state index in [-0.39, 0.29) is 24.4 Å². The van der Waals surface area contributed by atoms with Crippen LogP contribution < -0.4 is 5.32 Å². The molecule has 0 heterocycles. The van der Waals surface area contributed by atoms with Crippen molar-refractivity contribution in [1.82, 2.24) is 5.32 Å². The number of hydrogen-bond acceptors (Lipinski definition) is 3. The maximum Gasteiger partial charge on any atom is 0.307 e. The van der Waals surface area contributed by atoms with E-state index in [2.05, 4.69) is 5.32 Å². The zero-order valence-corrected chi connectivity index (χ0v) is 15.3. The number of benzene rings is 2. The molecule has 0 saturated heterocycles. The summed E-state index contributed by atoms with van der Waals surface area (Å²) in [6.45, 7) is 5.30. The molecule has 0 aromatic heterocycles. The van der Waals surface area contributed by atoms with E-state index in [9.17, 15) is 18.0 Å². The fraction of sp³-hybridized carbons (Fsp3) is 0.350. The molecule has 2 aromatic carbocycles. The van der Waals surface area contributed by atoms with Crippen LogP contribution in [0, 0.1) is 31.3 Å². The van der Waals surface area contributed by atoms with Gasteiger partial charge in [-0.2, -0.15) is 0 Å². The standard InChI is InChI=1S/C20H22F3NO2/c1-5-26-18(25)10-17(24-4)15-8-13(9-16(22)20(15)23)19-11(2)6-14(21)7-12(19)3/h6-9,17,24H,5,10H2,1-4H3. The molecule has 0 amide bonds. The van der Waals surface area contributed by atoms with Gasteiger partial charge in [0.1, 0.15) is 5.82 Å². The molecule has 3 nitrogen and oxygen atoms in total. The zero-order valence-electron chi connectivity index (χ0n) is 15.3. The van der Waals surface area contributed by atoms with Gasteiger partial charge in [0.25, 0.3) is 0 Å². The number of hydrogen-bond donors (Lipinski definition) is 1. The molecule has 1 N–H and O–H groups in total. The molecule has 1 unspecified atom stereocenters. The molecule has 0 saturated carbocycles. The van der Waals surface area contributed by atoms with Gasteiger partial charge < -0.3 is 10.1 Å². The highest BCUT2D eigenvalue weighted by atomic mass is 19.2. The number of esters is 1. The number of carbonyl (C=O) groups excluding carboxylic acids is 1. The molecule has 26 heavy (non-hydrogen) atoms. The van der Waals surface area contributed by atoms with Gasteiger partial charge in [0, 0.05) is 11.6 Å². The van der Waals surface area contributed by atoms with E-state index in [1.165, 1.54) is 18.2 Å². The minimum atomic E-state index is -1.02. The first-order valence-corrected chi connectivity index (χ1v) is 8.37. The van der Waals surface area contributed by atoms with Crippen LogP contribution in [-0.2, 0) is 9.53 Å². The van der Waals surface area contributed by atoms with Crippen molar-refractivity contribution in [2.24, 2.45) is 0 Å². The minimum Gasteiger partial charge on any atom is -0.466 e. The predicted octanol–water partition coefficient (Wildman–Crippen LogP) is 4.60. The third-order valence-electron chi connectivity index (χ3n) is 4.24. The van der Waals surface area contributed by atoms with Crippen LogP contribution >= 0.6 is 0 Å². The second-order valence-electron chi connectivity index (χ2n) is 6.13. The molecular formula is C20H22F3NO2. The first kappa shape index (κ1) is 20.0. The number of halogens is 3. The normalized spacial score (nSPS) is 12.1. The number of ether oxygens (including phenoxy) is 1. The average Bonchev–Trinajstić information content (AvgIpc) is 2.55. The average molecular weight is 365 g/mol. The molecule has 0 aliphatic rings. The summed E-state index contributed by atoms with van der Waals surface area (Å²) in [6.07, 6.45) is -0.133. The number of nitrogens with one attached hydrogen (secondary N) is 1. The Bertz CT molecular complexity index is 798. The third-order valence-corrected chi connectivity index (χ3v) is 4.24. The van der Waals surface area contributed by atoms with E-state index in [0.717, 1.165) is 6.07 Å². The summed E-state index contributed by atoms with van der Waals surface area (Å²) in [5.41, 5.74) is 2.32. The van der Waals surface area contributed by atoms with Crippen molar-refractivity contribution in [2.75, 3.05) is 13.7 Å². The molecule has 2 aromatic rings. The second-order valence-corrected chi connectivity index (χ2v) is 6.13. The lowest BCUT2D eigenvalue weighted by atomic mass is 9.92. The van der Waals surface area contributed by atoms with Gasteiger partial charge in [-0.25, -0.2) is 13.2 Å². The Balaban J connectivity index is 2.54. The van der Waals surface area contributed by atoms with Crippen molar-refractivity contribution in [1.29, 1.82) is 0 Å². The van der Waals surface area contributed by atoms with Crippen LogP contribution in [0.25, 0.3) is 11.1 Å². The van der Waals surface area contributed by atoms with Gasteiger partial charge in [-0.05, 0) is 74.3 Å². The van der Waals surface area contributed by atoms with Gasteiger partial charge in [0.2, 0.25) is 0 Å². The van der Waals surface area contributed by atoms with E-state index in [4.69, 9.17) is 4.74 Å². The highest BCUT2D eigenvalue weighted by Gasteiger charge is 2.23. The molecule has 0 radical (unpaired) electrons. The van der Waals surface area contributed by atoms with Gasteiger partial charge in [0.15, 0.2) is 11.6 Å². The zero-order chi connectivity index (χ0) is 19.4. The number of rotatable bonds is 6. The fourth-order valence-corrected chi connectivity index (χ4v) is 3.13. The van der Waals surface area contributed by atoms with E-state index in [0.29, 0.717) is 22.3 Å². The lowest BCUT2D eigenvalue weighted by Crippen LogP contribution is -2.22. The second kappa shape index (κ2) is 8.36. The summed E-state index contributed by atoms with van der Waals surface area (Å²) in [5, 5.41) is 2.83. The van der Waals surface area contributed by atoms with E-state index in [1.54, 1.807) is 27.8 Å². The lowest BCUT2D eigenvalue weighted by molar-refractivity contribution is -0.143. The SMILES string of the molecule is CCOC(=O)CC(NC)c1cc(-c2c(C)cc(F)cc2C)cc(F)c1F. The Labute approximate surface area is 151 Å². The van der Waals surface area contributed by atoms with Gasteiger partial charge in [0.05, 0.1) is 13.0 Å². The summed E-state index contributed by atoms with van der Waals surface area (Å²) in [6, 6.07) is 4.52. The number of carbonyl (C=O) groups is 1. The summed E-state index contributed by atoms with van der Waals surface area (Å²) in [5.74, 6) is -2.94. The molecule has 0 spiro atoms. The Morgan fingerprint density at radius 3 is 2.27 bits per heavy atom. The topological polar surface area (TPSA) is 38.3 Å². The lowest BCUT2D eigenvalue weighted by Gasteiger charge is -2.19. The van der Waals surface area contributed by atoms with E-state index >= 15 is 0 Å². The van der Waals surface area contributed by atoms with Crippen LogP contribution in [0.2, 0.25) is 0 Å². The van der Waals surface area contributed by atoms with E-state index in [1.807, 2.05) is 0 Å². The van der Waals surface area contributed by atoms with Gasteiger partial charge in [-0.15, -0.1) is 0 Å². The Kier molecular flexibility index (Phi) is 6.42. The Morgan fingerprint density at radius 2 is 1.73 bits per heavy atom. The smallest absolute Gasteiger partial charge is 0.307 e. The molecule has 1 atom stereocenters. The molecule has 0 fully saturated rings. The van der Waals surface area contributed by atoms with Gasteiger partial charge in [-0.1, -0.05) is 0 Å². The largest absolute Gasteiger partial charge is 0.466 e. The van der Waals surface area contributed by atoms with Crippen LogP contribution in [-0.4, -0.2) is 19.6 Å². The van der Waals surface area contributed by atoms with Crippen molar-refractivity contribution >= 4 is 5.97 Å². The molecule has 0 aliphatic heterocycles. The van der Waals surface area contributed by atoms with Crippen LogP contribution in [0.5, 0.6) is 0 Å². The monoisotopic (exact) mass is 365 g/mol. The van der Waals surface area contributed by atoms with Crippen LogP contribution in [0.1, 0.15) is 36.1 Å². The van der Waals surface area contributed by atoms with Crippen molar-refractivity contribution < 1.29 is 22.7 Å². The van der Waals surface area contributed by atoms with Crippen LogP contribution in [0.3, 0.4) is 0 Å². The Morgan fingerprint density at radius 1 is 1.12 bits per heavy atom. The van der Waals surface area contributed by atoms with Crippen LogP contribution in [0.15, 0.2) is 24.3 Å². The first-order valence-electron chi connectivity index (χ1n) is 8.37. The summed E-state index contributed by atoms with van der Waals surface area (Å²) in [4.78, 5) is 11.8. The third kappa shape index (κ3) is 4.25. The molecular weight excluding hydrogens is 343 g/mol. The van der Waals surface area contributed by atoms with Crippen molar-refractivity contribution in [3.63, 3.8) is 0 Å². The fourth-order valence-electron chi connectivity index (χ4n) is 3.13. The molecule has 140 valence electrons. The highest BCUT2D eigenvalue weighted by molar-refractivity contribution is 5.73. The van der Waals surface area contributed by atoms with E-state index < -0.39 is 23.6 Å². The summed E-state index contributed by atoms with van der Waals surface area (Å²) in [7, 11) is 1.56. The van der Waals surface area contributed by atoms with Crippen molar-refractivity contribution in [2.45, 2.75) is 33.2 Å². The number of aryl methyl sites for hydroxylation is 2. The maximum atomic E-state index is 14.4.